The predicted octanol–water partition coefficient (Wildman–Crippen LogP) is 3.91. The van der Waals surface area contributed by atoms with Gasteiger partial charge in [0.25, 0.3) is 0 Å². The zero-order valence-corrected chi connectivity index (χ0v) is 11.7. The van der Waals surface area contributed by atoms with Crippen molar-refractivity contribution in [1.82, 2.24) is 4.98 Å². The van der Waals surface area contributed by atoms with Crippen LogP contribution in [0.5, 0.6) is 0 Å². The van der Waals surface area contributed by atoms with Gasteiger partial charge >= 0.3 is 0 Å². The van der Waals surface area contributed by atoms with Gasteiger partial charge in [0, 0.05) is 18.1 Å². The largest absolute Gasteiger partial charge is 0.324 e. The van der Waals surface area contributed by atoms with Crippen LogP contribution in [0.2, 0.25) is 5.02 Å². The van der Waals surface area contributed by atoms with Gasteiger partial charge in [-0.25, -0.2) is 0 Å². The molecule has 6 heteroatoms. The minimum atomic E-state index is -0.0961. The third-order valence-corrected chi connectivity index (χ3v) is 3.12. The van der Waals surface area contributed by atoms with E-state index in [9.17, 15) is 0 Å². The summed E-state index contributed by atoms with van der Waals surface area (Å²) in [5, 5.41) is 0.578. The van der Waals surface area contributed by atoms with Crippen molar-refractivity contribution in [1.29, 1.82) is 0 Å². The first kappa shape index (κ1) is 16.3. The quantitative estimate of drug-likeness (QED) is 0.838. The molecule has 1 heterocycles. The molecule has 1 aromatic rings. The Morgan fingerprint density at radius 1 is 1.38 bits per heavy atom. The normalized spacial score (nSPS) is 12.0. The molecule has 2 nitrogen and oxygen atoms in total. The van der Waals surface area contributed by atoms with Gasteiger partial charge in [-0.1, -0.05) is 11.6 Å². The molecule has 1 aromatic heterocycles. The summed E-state index contributed by atoms with van der Waals surface area (Å²) in [7, 11) is 0. The first-order valence-corrected chi connectivity index (χ1v) is 6.16. The van der Waals surface area contributed by atoms with E-state index >= 15 is 0 Å². The van der Waals surface area contributed by atoms with Crippen LogP contribution < -0.4 is 5.73 Å². The smallest absolute Gasteiger partial charge is 0.0740 e. The maximum Gasteiger partial charge on any atom is 0.0740 e. The Balaban J connectivity index is 0.00000225. The molecule has 0 bridgehead atoms. The molecule has 1 rings (SSSR count). The van der Waals surface area contributed by atoms with Crippen LogP contribution in [-0.2, 0) is 5.88 Å². The molecule has 0 saturated carbocycles. The fourth-order valence-electron chi connectivity index (χ4n) is 1.34. The van der Waals surface area contributed by atoms with Gasteiger partial charge in [0.1, 0.15) is 0 Å². The Hall–Kier alpha value is 0.270. The molecule has 0 fully saturated rings. The lowest BCUT2D eigenvalue weighted by molar-refractivity contribution is 0.639. The monoisotopic (exact) mass is 302 g/mol. The molecule has 0 aliphatic rings. The lowest BCUT2D eigenvalue weighted by Gasteiger charge is -2.14. The molecule has 0 aliphatic heterocycles. The van der Waals surface area contributed by atoms with E-state index in [0.29, 0.717) is 22.5 Å². The number of nitrogens with zero attached hydrogens (tertiary/aromatic N) is 1. The molecule has 1 unspecified atom stereocenters. The number of rotatable bonds is 5. The van der Waals surface area contributed by atoms with E-state index in [1.165, 1.54) is 0 Å². The Labute approximate surface area is 117 Å². The van der Waals surface area contributed by atoms with Crippen molar-refractivity contribution in [2.24, 2.45) is 5.73 Å². The number of halogens is 4. The van der Waals surface area contributed by atoms with Crippen molar-refractivity contribution in [3.8, 4) is 0 Å². The number of pyridine rings is 1. The van der Waals surface area contributed by atoms with Crippen molar-refractivity contribution in [3.63, 3.8) is 0 Å². The van der Waals surface area contributed by atoms with Gasteiger partial charge < -0.3 is 5.73 Å². The maximum absolute atomic E-state index is 6.12. The second-order valence-electron chi connectivity index (χ2n) is 3.23. The summed E-state index contributed by atoms with van der Waals surface area (Å²) in [6.07, 6.45) is 3.37. The Morgan fingerprint density at radius 2 is 2.06 bits per heavy atom. The van der Waals surface area contributed by atoms with Crippen LogP contribution in [0.15, 0.2) is 12.3 Å². The Morgan fingerprint density at radius 3 is 2.62 bits per heavy atom. The second-order valence-corrected chi connectivity index (χ2v) is 4.26. The highest BCUT2D eigenvalue weighted by Gasteiger charge is 2.12. The molecular weight excluding hydrogens is 290 g/mol. The zero-order valence-electron chi connectivity index (χ0n) is 8.63. The van der Waals surface area contributed by atoms with Crippen molar-refractivity contribution >= 4 is 47.2 Å². The summed E-state index contributed by atoms with van der Waals surface area (Å²) in [4.78, 5) is 4.07. The summed E-state index contributed by atoms with van der Waals surface area (Å²) in [5.41, 5.74) is 7.57. The summed E-state index contributed by atoms with van der Waals surface area (Å²) in [5.74, 6) is 0.910. The van der Waals surface area contributed by atoms with E-state index in [1.54, 1.807) is 6.20 Å². The lowest BCUT2D eigenvalue weighted by Crippen LogP contribution is -2.12. The molecule has 0 spiro atoms. The predicted molar refractivity (Wildman–Crippen MR) is 72.9 cm³/mol. The summed E-state index contributed by atoms with van der Waals surface area (Å²) in [6.45, 7) is 0. The molecule has 1 atom stereocenters. The highest BCUT2D eigenvalue weighted by Crippen LogP contribution is 2.27. The number of nitrogens with two attached hydrogens (primary N) is 1. The van der Waals surface area contributed by atoms with Crippen molar-refractivity contribution < 1.29 is 0 Å². The first-order valence-electron chi connectivity index (χ1n) is 4.71. The minimum absolute atomic E-state index is 0. The first-order chi connectivity index (χ1) is 7.20. The van der Waals surface area contributed by atoms with Crippen LogP contribution >= 0.6 is 47.2 Å². The molecule has 0 radical (unpaired) electrons. The van der Waals surface area contributed by atoms with Crippen LogP contribution in [0.3, 0.4) is 0 Å². The van der Waals surface area contributed by atoms with Gasteiger partial charge in [-0.2, -0.15) is 0 Å². The maximum atomic E-state index is 6.12. The lowest BCUT2D eigenvalue weighted by atomic mass is 10.0. The molecule has 16 heavy (non-hydrogen) atoms. The van der Waals surface area contributed by atoms with Gasteiger partial charge in [-0.15, -0.1) is 35.6 Å². The van der Waals surface area contributed by atoms with Gasteiger partial charge in [0.2, 0.25) is 0 Å². The van der Waals surface area contributed by atoms with Gasteiger partial charge in [-0.05, 0) is 24.5 Å². The van der Waals surface area contributed by atoms with Crippen molar-refractivity contribution in [2.45, 2.75) is 24.8 Å². The van der Waals surface area contributed by atoms with E-state index in [-0.39, 0.29) is 18.4 Å². The van der Waals surface area contributed by atoms with E-state index in [1.807, 2.05) is 6.07 Å². The van der Waals surface area contributed by atoms with Crippen molar-refractivity contribution in [2.75, 3.05) is 5.88 Å². The van der Waals surface area contributed by atoms with Crippen LogP contribution in [0.1, 0.15) is 30.1 Å². The van der Waals surface area contributed by atoms with Crippen LogP contribution in [0.25, 0.3) is 0 Å². The average molecular weight is 304 g/mol. The average Bonchev–Trinajstić information content (AvgIpc) is 2.26. The Kier molecular flexibility index (Phi) is 8.52. The van der Waals surface area contributed by atoms with Crippen LogP contribution in [0, 0.1) is 0 Å². The summed E-state index contributed by atoms with van der Waals surface area (Å²) >= 11 is 17.4. The van der Waals surface area contributed by atoms with E-state index < -0.39 is 0 Å². The fourth-order valence-corrected chi connectivity index (χ4v) is 2.08. The fraction of sp³-hybridized carbons (Fsp3) is 0.500. The number of alkyl halides is 2. The molecule has 0 aromatic carbocycles. The minimum Gasteiger partial charge on any atom is -0.324 e. The topological polar surface area (TPSA) is 38.9 Å². The number of aromatic nitrogens is 1. The Bertz CT molecular complexity index is 320. The molecule has 0 amide bonds. The van der Waals surface area contributed by atoms with Gasteiger partial charge in [0.15, 0.2) is 0 Å². The highest BCUT2D eigenvalue weighted by atomic mass is 35.5. The second kappa shape index (κ2) is 8.37. The standard InChI is InChI=1S/C10H13Cl3N2.ClH/c11-4-1-2-8(14)7-3-5-15-9(6-12)10(7)13;/h3,5,8H,1-2,4,6,14H2;1H. The summed E-state index contributed by atoms with van der Waals surface area (Å²) < 4.78 is 0. The molecular formula is C10H14Cl4N2. The van der Waals surface area contributed by atoms with Gasteiger partial charge in [-0.3, -0.25) is 4.98 Å². The third kappa shape index (κ3) is 4.27. The molecule has 0 aliphatic carbocycles. The van der Waals surface area contributed by atoms with Crippen molar-refractivity contribution in [3.05, 3.63) is 28.5 Å². The van der Waals surface area contributed by atoms with Crippen LogP contribution in [0.4, 0.5) is 0 Å². The molecule has 2 N–H and O–H groups in total. The molecule has 92 valence electrons. The van der Waals surface area contributed by atoms with Gasteiger partial charge in [0.05, 0.1) is 16.6 Å². The SMILES string of the molecule is Cl.NC(CCCCl)c1ccnc(CCl)c1Cl. The molecule has 0 saturated heterocycles. The number of hydrogen-bond acceptors (Lipinski definition) is 2. The number of hydrogen-bond donors (Lipinski definition) is 1. The van der Waals surface area contributed by atoms with E-state index in [0.717, 1.165) is 18.4 Å². The summed E-state index contributed by atoms with van der Waals surface area (Å²) in [6, 6.07) is 1.73. The van der Waals surface area contributed by atoms with Crippen LogP contribution in [-0.4, -0.2) is 10.9 Å². The van der Waals surface area contributed by atoms with E-state index in [2.05, 4.69) is 4.98 Å². The third-order valence-electron chi connectivity index (χ3n) is 2.17. The van der Waals surface area contributed by atoms with E-state index in [4.69, 9.17) is 40.5 Å². The highest BCUT2D eigenvalue weighted by molar-refractivity contribution is 6.32. The zero-order chi connectivity index (χ0) is 11.3.